The van der Waals surface area contributed by atoms with Crippen LogP contribution in [0.5, 0.6) is 0 Å². The van der Waals surface area contributed by atoms with E-state index in [0.29, 0.717) is 18.2 Å². The first-order valence-corrected chi connectivity index (χ1v) is 6.68. The molecule has 0 bridgehead atoms. The van der Waals surface area contributed by atoms with Crippen LogP contribution in [0.3, 0.4) is 0 Å². The van der Waals surface area contributed by atoms with E-state index in [1.54, 1.807) is 13.2 Å². The minimum Gasteiger partial charge on any atom is -0.378 e. The second kappa shape index (κ2) is 7.60. The van der Waals surface area contributed by atoms with Crippen LogP contribution in [0.1, 0.15) is 32.3 Å². The number of carbonyl (C=O) groups excluding carboxylic acids is 1. The Kier molecular flexibility index (Phi) is 6.12. The van der Waals surface area contributed by atoms with Crippen molar-refractivity contribution >= 4 is 11.7 Å². The lowest BCUT2D eigenvalue weighted by Crippen LogP contribution is -2.30. The highest BCUT2D eigenvalue weighted by molar-refractivity contribution is 5.80. The van der Waals surface area contributed by atoms with Gasteiger partial charge in [0.15, 0.2) is 0 Å². The molecule has 0 atom stereocenters. The van der Waals surface area contributed by atoms with Crippen molar-refractivity contribution in [2.45, 2.75) is 32.8 Å². The highest BCUT2D eigenvalue weighted by Crippen LogP contribution is 2.20. The molecule has 0 aliphatic carbocycles. The standard InChI is InChI=1S/C15H22N4O2/c1-6-7-16-13(20)9-17-12-8-11(10-21-5)18-14(19-12)15(2,3)4/h1,8H,7,9-10H2,2-5H3,(H,16,20)(H,17,18,19). The van der Waals surface area contributed by atoms with E-state index in [-0.39, 0.29) is 24.4 Å². The van der Waals surface area contributed by atoms with Gasteiger partial charge in [-0.3, -0.25) is 4.79 Å². The van der Waals surface area contributed by atoms with E-state index >= 15 is 0 Å². The molecule has 0 fully saturated rings. The summed E-state index contributed by atoms with van der Waals surface area (Å²) in [6.07, 6.45) is 5.09. The van der Waals surface area contributed by atoms with Gasteiger partial charge < -0.3 is 15.4 Å². The normalized spacial score (nSPS) is 10.8. The van der Waals surface area contributed by atoms with Gasteiger partial charge in [0.1, 0.15) is 11.6 Å². The second-order valence-electron chi connectivity index (χ2n) is 5.59. The maximum atomic E-state index is 11.5. The maximum Gasteiger partial charge on any atom is 0.240 e. The molecule has 0 saturated heterocycles. The van der Waals surface area contributed by atoms with Gasteiger partial charge in [-0.2, -0.15) is 0 Å². The molecular weight excluding hydrogens is 268 g/mol. The summed E-state index contributed by atoms with van der Waals surface area (Å²) in [5, 5.41) is 5.56. The molecular formula is C15H22N4O2. The fraction of sp³-hybridized carbons (Fsp3) is 0.533. The summed E-state index contributed by atoms with van der Waals surface area (Å²) >= 11 is 0. The summed E-state index contributed by atoms with van der Waals surface area (Å²) in [5.41, 5.74) is 0.579. The van der Waals surface area contributed by atoms with Crippen molar-refractivity contribution in [2.24, 2.45) is 0 Å². The predicted octanol–water partition coefficient (Wildman–Crippen LogP) is 1.08. The van der Waals surface area contributed by atoms with Crippen LogP contribution >= 0.6 is 0 Å². The van der Waals surface area contributed by atoms with Crippen LogP contribution in [0.2, 0.25) is 0 Å². The molecule has 2 N–H and O–H groups in total. The van der Waals surface area contributed by atoms with E-state index in [1.165, 1.54) is 0 Å². The molecule has 1 rings (SSSR count). The lowest BCUT2D eigenvalue weighted by Gasteiger charge is -2.18. The molecule has 0 aliphatic rings. The molecule has 0 spiro atoms. The minimum absolute atomic E-state index is 0.106. The molecule has 0 saturated carbocycles. The number of rotatable bonds is 6. The monoisotopic (exact) mass is 290 g/mol. The Morgan fingerprint density at radius 3 is 2.71 bits per heavy atom. The summed E-state index contributed by atoms with van der Waals surface area (Å²) in [6.45, 7) is 6.80. The van der Waals surface area contributed by atoms with Crippen LogP contribution in [0.25, 0.3) is 0 Å². The molecule has 1 aromatic heterocycles. The van der Waals surface area contributed by atoms with Crippen molar-refractivity contribution in [3.05, 3.63) is 17.6 Å². The molecule has 0 aromatic carbocycles. The SMILES string of the molecule is C#CCNC(=O)CNc1cc(COC)nc(C(C)(C)C)n1. The summed E-state index contributed by atoms with van der Waals surface area (Å²) < 4.78 is 5.11. The van der Waals surface area contributed by atoms with Gasteiger partial charge in [0.05, 0.1) is 25.4 Å². The molecule has 6 nitrogen and oxygen atoms in total. The van der Waals surface area contributed by atoms with Gasteiger partial charge in [-0.15, -0.1) is 6.42 Å². The van der Waals surface area contributed by atoms with Crippen LogP contribution in [0.15, 0.2) is 6.07 Å². The first-order chi connectivity index (χ1) is 9.86. The Bertz CT molecular complexity index is 529. The first-order valence-electron chi connectivity index (χ1n) is 6.68. The Labute approximate surface area is 125 Å². The zero-order valence-electron chi connectivity index (χ0n) is 13.0. The number of hydrogen-bond acceptors (Lipinski definition) is 5. The van der Waals surface area contributed by atoms with Crippen molar-refractivity contribution in [3.8, 4) is 12.3 Å². The molecule has 1 amide bonds. The van der Waals surface area contributed by atoms with Crippen LogP contribution in [0.4, 0.5) is 5.82 Å². The number of nitrogens with one attached hydrogen (secondary N) is 2. The number of amides is 1. The number of ether oxygens (including phenoxy) is 1. The smallest absolute Gasteiger partial charge is 0.240 e. The Balaban J connectivity index is 2.83. The molecule has 1 aromatic rings. The maximum absolute atomic E-state index is 11.5. The number of terminal acetylenes is 1. The number of aromatic nitrogens is 2. The van der Waals surface area contributed by atoms with Gasteiger partial charge in [-0.1, -0.05) is 26.7 Å². The average molecular weight is 290 g/mol. The molecule has 0 aliphatic heterocycles. The van der Waals surface area contributed by atoms with E-state index in [9.17, 15) is 4.79 Å². The van der Waals surface area contributed by atoms with E-state index in [2.05, 4.69) is 26.5 Å². The lowest BCUT2D eigenvalue weighted by molar-refractivity contribution is -0.119. The summed E-state index contributed by atoms with van der Waals surface area (Å²) in [5.74, 6) is 3.46. The van der Waals surface area contributed by atoms with Crippen LogP contribution < -0.4 is 10.6 Å². The minimum atomic E-state index is -0.189. The van der Waals surface area contributed by atoms with Crippen LogP contribution in [0, 0.1) is 12.3 Å². The van der Waals surface area contributed by atoms with Crippen molar-refractivity contribution in [1.82, 2.24) is 15.3 Å². The molecule has 6 heteroatoms. The molecule has 0 unspecified atom stereocenters. The fourth-order valence-corrected chi connectivity index (χ4v) is 1.53. The van der Waals surface area contributed by atoms with Gasteiger partial charge in [0, 0.05) is 18.6 Å². The largest absolute Gasteiger partial charge is 0.378 e. The van der Waals surface area contributed by atoms with Crippen molar-refractivity contribution in [2.75, 3.05) is 25.5 Å². The van der Waals surface area contributed by atoms with Crippen LogP contribution in [-0.2, 0) is 21.6 Å². The topological polar surface area (TPSA) is 76.1 Å². The van der Waals surface area contributed by atoms with Crippen molar-refractivity contribution in [1.29, 1.82) is 0 Å². The zero-order chi connectivity index (χ0) is 15.9. The van der Waals surface area contributed by atoms with E-state index in [0.717, 1.165) is 5.69 Å². The van der Waals surface area contributed by atoms with Gasteiger partial charge in [-0.25, -0.2) is 9.97 Å². The lowest BCUT2D eigenvalue weighted by atomic mass is 9.95. The third-order valence-corrected chi connectivity index (χ3v) is 2.56. The summed E-state index contributed by atoms with van der Waals surface area (Å²) in [6, 6.07) is 1.77. The van der Waals surface area contributed by atoms with Crippen molar-refractivity contribution < 1.29 is 9.53 Å². The molecule has 21 heavy (non-hydrogen) atoms. The van der Waals surface area contributed by atoms with Gasteiger partial charge in [0.2, 0.25) is 5.91 Å². The summed E-state index contributed by atoms with van der Waals surface area (Å²) in [4.78, 5) is 20.4. The number of carbonyl (C=O) groups is 1. The van der Waals surface area contributed by atoms with Crippen molar-refractivity contribution in [3.63, 3.8) is 0 Å². The van der Waals surface area contributed by atoms with Gasteiger partial charge in [-0.05, 0) is 0 Å². The van der Waals surface area contributed by atoms with E-state index in [4.69, 9.17) is 11.2 Å². The summed E-state index contributed by atoms with van der Waals surface area (Å²) in [7, 11) is 1.61. The number of hydrogen-bond donors (Lipinski definition) is 2. The van der Waals surface area contributed by atoms with E-state index in [1.807, 2.05) is 20.8 Å². The molecule has 0 radical (unpaired) electrons. The third-order valence-electron chi connectivity index (χ3n) is 2.56. The first kappa shape index (κ1) is 16.9. The zero-order valence-corrected chi connectivity index (χ0v) is 13.0. The Hall–Kier alpha value is -2.13. The second-order valence-corrected chi connectivity index (χ2v) is 5.59. The quantitative estimate of drug-likeness (QED) is 0.767. The number of methoxy groups -OCH3 is 1. The Morgan fingerprint density at radius 1 is 1.43 bits per heavy atom. The highest BCUT2D eigenvalue weighted by atomic mass is 16.5. The Morgan fingerprint density at radius 2 is 2.14 bits per heavy atom. The fourth-order valence-electron chi connectivity index (χ4n) is 1.53. The van der Waals surface area contributed by atoms with Gasteiger partial charge >= 0.3 is 0 Å². The molecule has 1 heterocycles. The van der Waals surface area contributed by atoms with Crippen LogP contribution in [-0.4, -0.2) is 36.1 Å². The van der Waals surface area contributed by atoms with E-state index < -0.39 is 0 Å². The number of nitrogens with zero attached hydrogens (tertiary/aromatic N) is 2. The third kappa shape index (κ3) is 5.79. The average Bonchev–Trinajstić information content (AvgIpc) is 2.42. The molecule has 114 valence electrons. The highest BCUT2D eigenvalue weighted by Gasteiger charge is 2.19. The predicted molar refractivity (Wildman–Crippen MR) is 81.8 cm³/mol. The number of anilines is 1. The van der Waals surface area contributed by atoms with Gasteiger partial charge in [0.25, 0.3) is 0 Å².